The molecule has 0 fully saturated rings. The molecule has 4 nitrogen and oxygen atoms in total. The Morgan fingerprint density at radius 3 is 2.71 bits per heavy atom. The van der Waals surface area contributed by atoms with Crippen molar-refractivity contribution in [3.63, 3.8) is 0 Å². The average molecular weight is 287 g/mol. The van der Waals surface area contributed by atoms with E-state index in [9.17, 15) is 9.90 Å². The average Bonchev–Trinajstić information content (AvgIpc) is 2.79. The van der Waals surface area contributed by atoms with E-state index in [1.807, 2.05) is 19.9 Å². The van der Waals surface area contributed by atoms with E-state index in [0.29, 0.717) is 30.3 Å². The Morgan fingerprint density at radius 1 is 1.33 bits per heavy atom. The lowest BCUT2D eigenvalue weighted by atomic mass is 10.1. The van der Waals surface area contributed by atoms with Crippen LogP contribution in [0.25, 0.3) is 0 Å². The van der Waals surface area contributed by atoms with Gasteiger partial charge in [-0.25, -0.2) is 9.78 Å². The van der Waals surface area contributed by atoms with Gasteiger partial charge in [0, 0.05) is 6.42 Å². The number of carboxylic acid groups (broad SMARTS) is 1. The molecule has 21 heavy (non-hydrogen) atoms. The van der Waals surface area contributed by atoms with Crippen LogP contribution in [0.2, 0.25) is 0 Å². The second kappa shape index (κ2) is 6.57. The molecule has 2 aromatic rings. The SMILES string of the molecule is Cc1cccc(CCc2nc(CC(C)C)c(C(=O)O)o2)c1. The minimum absolute atomic E-state index is 0.0112. The van der Waals surface area contributed by atoms with E-state index in [2.05, 4.69) is 30.1 Å². The fraction of sp³-hybridized carbons (Fsp3) is 0.412. The first-order valence-electron chi connectivity index (χ1n) is 7.23. The molecule has 0 aliphatic carbocycles. The van der Waals surface area contributed by atoms with E-state index < -0.39 is 5.97 Å². The van der Waals surface area contributed by atoms with Gasteiger partial charge in [-0.15, -0.1) is 0 Å². The predicted molar refractivity (Wildman–Crippen MR) is 80.6 cm³/mol. The number of oxazole rings is 1. The molecular formula is C17H21NO3. The highest BCUT2D eigenvalue weighted by atomic mass is 16.4. The molecule has 0 radical (unpaired) electrons. The molecule has 0 amide bonds. The number of aromatic carboxylic acids is 1. The third kappa shape index (κ3) is 4.18. The lowest BCUT2D eigenvalue weighted by Gasteiger charge is -2.00. The summed E-state index contributed by atoms with van der Waals surface area (Å²) in [6.45, 7) is 6.12. The maximum absolute atomic E-state index is 11.2. The van der Waals surface area contributed by atoms with Crippen LogP contribution in [-0.2, 0) is 19.3 Å². The van der Waals surface area contributed by atoms with Crippen LogP contribution in [0.15, 0.2) is 28.7 Å². The van der Waals surface area contributed by atoms with Gasteiger partial charge in [-0.2, -0.15) is 0 Å². The molecule has 0 saturated heterocycles. The molecular weight excluding hydrogens is 266 g/mol. The zero-order chi connectivity index (χ0) is 15.4. The minimum Gasteiger partial charge on any atom is -0.475 e. The summed E-state index contributed by atoms with van der Waals surface area (Å²) in [5, 5.41) is 9.18. The van der Waals surface area contributed by atoms with Crippen molar-refractivity contribution in [2.24, 2.45) is 5.92 Å². The maximum atomic E-state index is 11.2. The van der Waals surface area contributed by atoms with Gasteiger partial charge in [0.05, 0.1) is 5.69 Å². The fourth-order valence-electron chi connectivity index (χ4n) is 2.32. The highest BCUT2D eigenvalue weighted by Gasteiger charge is 2.20. The number of hydrogen-bond acceptors (Lipinski definition) is 3. The molecule has 1 aromatic heterocycles. The summed E-state index contributed by atoms with van der Waals surface area (Å²) in [7, 11) is 0. The van der Waals surface area contributed by atoms with Crippen LogP contribution >= 0.6 is 0 Å². The van der Waals surface area contributed by atoms with E-state index in [1.54, 1.807) is 0 Å². The lowest BCUT2D eigenvalue weighted by molar-refractivity contribution is 0.0658. The monoisotopic (exact) mass is 287 g/mol. The third-order valence-corrected chi connectivity index (χ3v) is 3.25. The van der Waals surface area contributed by atoms with Crippen molar-refractivity contribution < 1.29 is 14.3 Å². The van der Waals surface area contributed by atoms with Crippen LogP contribution in [0.1, 0.15) is 47.1 Å². The highest BCUT2D eigenvalue weighted by Crippen LogP contribution is 2.17. The number of hydrogen-bond donors (Lipinski definition) is 1. The molecule has 0 unspecified atom stereocenters. The molecule has 4 heteroatoms. The van der Waals surface area contributed by atoms with Gasteiger partial charge in [0.25, 0.3) is 0 Å². The Kier molecular flexibility index (Phi) is 4.78. The van der Waals surface area contributed by atoms with E-state index in [1.165, 1.54) is 11.1 Å². The van der Waals surface area contributed by atoms with Crippen molar-refractivity contribution in [3.05, 3.63) is 52.7 Å². The molecule has 1 aromatic carbocycles. The first kappa shape index (κ1) is 15.3. The van der Waals surface area contributed by atoms with Gasteiger partial charge in [0.15, 0.2) is 5.89 Å². The van der Waals surface area contributed by atoms with Gasteiger partial charge in [-0.1, -0.05) is 43.7 Å². The zero-order valence-electron chi connectivity index (χ0n) is 12.7. The van der Waals surface area contributed by atoms with E-state index in [4.69, 9.17) is 4.42 Å². The molecule has 1 N–H and O–H groups in total. The van der Waals surface area contributed by atoms with Gasteiger partial charge < -0.3 is 9.52 Å². The standard InChI is InChI=1S/C17H21NO3/c1-11(2)9-14-16(17(19)20)21-15(18-14)8-7-13-6-4-5-12(3)10-13/h4-6,10-11H,7-9H2,1-3H3,(H,19,20). The van der Waals surface area contributed by atoms with Crippen molar-refractivity contribution in [2.45, 2.75) is 40.0 Å². The van der Waals surface area contributed by atoms with Crippen LogP contribution in [0.5, 0.6) is 0 Å². The van der Waals surface area contributed by atoms with Gasteiger partial charge in [0.2, 0.25) is 5.76 Å². The minimum atomic E-state index is -1.04. The van der Waals surface area contributed by atoms with Crippen molar-refractivity contribution in [2.75, 3.05) is 0 Å². The van der Waals surface area contributed by atoms with Gasteiger partial charge in [0.1, 0.15) is 0 Å². The summed E-state index contributed by atoms with van der Waals surface area (Å²) in [5.41, 5.74) is 2.97. The number of carbonyl (C=O) groups is 1. The van der Waals surface area contributed by atoms with Crippen LogP contribution in [0.4, 0.5) is 0 Å². The first-order chi connectivity index (χ1) is 9.95. The molecule has 0 spiro atoms. The molecule has 0 bridgehead atoms. The third-order valence-electron chi connectivity index (χ3n) is 3.25. The number of aromatic nitrogens is 1. The summed E-state index contributed by atoms with van der Waals surface area (Å²) in [6, 6.07) is 8.25. The molecule has 0 aliphatic rings. The topological polar surface area (TPSA) is 63.3 Å². The Morgan fingerprint density at radius 2 is 2.10 bits per heavy atom. The summed E-state index contributed by atoms with van der Waals surface area (Å²) >= 11 is 0. The Balaban J connectivity index is 2.11. The smallest absolute Gasteiger partial charge is 0.373 e. The second-order valence-electron chi connectivity index (χ2n) is 5.78. The van der Waals surface area contributed by atoms with Crippen molar-refractivity contribution >= 4 is 5.97 Å². The zero-order valence-corrected chi connectivity index (χ0v) is 12.7. The summed E-state index contributed by atoms with van der Waals surface area (Å²) < 4.78 is 5.42. The van der Waals surface area contributed by atoms with Crippen LogP contribution < -0.4 is 0 Å². The largest absolute Gasteiger partial charge is 0.475 e. The quantitative estimate of drug-likeness (QED) is 0.880. The van der Waals surface area contributed by atoms with Crippen LogP contribution in [0.3, 0.4) is 0 Å². The molecule has 0 aliphatic heterocycles. The van der Waals surface area contributed by atoms with Crippen LogP contribution in [-0.4, -0.2) is 16.1 Å². The van der Waals surface area contributed by atoms with Gasteiger partial charge in [-0.3, -0.25) is 0 Å². The van der Waals surface area contributed by atoms with Crippen LogP contribution in [0, 0.1) is 12.8 Å². The Labute approximate surface area is 124 Å². The molecule has 2 rings (SSSR count). The van der Waals surface area contributed by atoms with Crippen molar-refractivity contribution in [3.8, 4) is 0 Å². The number of benzene rings is 1. The first-order valence-corrected chi connectivity index (χ1v) is 7.23. The number of rotatable bonds is 6. The summed E-state index contributed by atoms with van der Waals surface area (Å²) in [4.78, 5) is 15.6. The molecule has 0 saturated carbocycles. The molecule has 1 heterocycles. The Hall–Kier alpha value is -2.10. The highest BCUT2D eigenvalue weighted by molar-refractivity contribution is 5.85. The normalized spacial score (nSPS) is 11.0. The maximum Gasteiger partial charge on any atom is 0.373 e. The number of carboxylic acids is 1. The second-order valence-corrected chi connectivity index (χ2v) is 5.78. The molecule has 0 atom stereocenters. The summed E-state index contributed by atoms with van der Waals surface area (Å²) in [5.74, 6) is -0.203. The molecule has 112 valence electrons. The van der Waals surface area contributed by atoms with Gasteiger partial charge in [-0.05, 0) is 31.2 Å². The summed E-state index contributed by atoms with van der Waals surface area (Å²) in [6.07, 6.45) is 2.03. The van der Waals surface area contributed by atoms with Crippen molar-refractivity contribution in [1.29, 1.82) is 0 Å². The number of aryl methyl sites for hydroxylation is 3. The van der Waals surface area contributed by atoms with E-state index >= 15 is 0 Å². The van der Waals surface area contributed by atoms with Gasteiger partial charge >= 0.3 is 5.97 Å². The predicted octanol–water partition coefficient (Wildman–Crippen LogP) is 3.66. The fourth-order valence-corrected chi connectivity index (χ4v) is 2.32. The van der Waals surface area contributed by atoms with Crippen molar-refractivity contribution in [1.82, 2.24) is 4.98 Å². The number of nitrogens with zero attached hydrogens (tertiary/aromatic N) is 1. The van der Waals surface area contributed by atoms with E-state index in [0.717, 1.165) is 6.42 Å². The van der Waals surface area contributed by atoms with E-state index in [-0.39, 0.29) is 5.76 Å². The lowest BCUT2D eigenvalue weighted by Crippen LogP contribution is -2.03. The Bertz CT molecular complexity index is 629.